The summed E-state index contributed by atoms with van der Waals surface area (Å²) in [6.45, 7) is 7.00. The number of rotatable bonds is 9. The van der Waals surface area contributed by atoms with E-state index in [1.807, 2.05) is 6.26 Å². The van der Waals surface area contributed by atoms with E-state index >= 15 is 0 Å². The largest absolute Gasteiger partial charge is 0.396 e. The van der Waals surface area contributed by atoms with Crippen molar-refractivity contribution in [2.45, 2.75) is 51.3 Å². The van der Waals surface area contributed by atoms with Gasteiger partial charge in [0.05, 0.1) is 15.5 Å². The molecule has 0 fully saturated rings. The minimum Gasteiger partial charge on any atom is -0.396 e. The Morgan fingerprint density at radius 3 is 2.65 bits per heavy atom. The number of hydrogen-bond acceptors (Lipinski definition) is 5. The van der Waals surface area contributed by atoms with Crippen LogP contribution in [-0.4, -0.2) is 18.6 Å². The van der Waals surface area contributed by atoms with Gasteiger partial charge in [-0.2, -0.15) is 0 Å². The van der Waals surface area contributed by atoms with Gasteiger partial charge in [-0.25, -0.2) is 0 Å². The van der Waals surface area contributed by atoms with E-state index in [0.717, 1.165) is 16.4 Å². The maximum Gasteiger partial charge on any atom is 0.171 e. The molecule has 5 heteroatoms. The van der Waals surface area contributed by atoms with Gasteiger partial charge in [0.25, 0.3) is 0 Å². The molecule has 1 unspecified atom stereocenters. The van der Waals surface area contributed by atoms with E-state index in [1.165, 1.54) is 37.0 Å². The molecule has 0 bridgehead atoms. The fourth-order valence-electron chi connectivity index (χ4n) is 2.19. The number of hydrogen-bond donors (Lipinski definition) is 2. The van der Waals surface area contributed by atoms with Crippen molar-refractivity contribution in [3.05, 3.63) is 4.88 Å². The molecule has 0 aliphatic rings. The van der Waals surface area contributed by atoms with E-state index < -0.39 is 0 Å². The van der Waals surface area contributed by atoms with E-state index in [0.29, 0.717) is 16.5 Å². The number of carbonyl (C=O) groups excluding carboxylic acids is 1. The van der Waals surface area contributed by atoms with Crippen molar-refractivity contribution in [1.29, 1.82) is 0 Å². The molecule has 1 aromatic heterocycles. The van der Waals surface area contributed by atoms with Crippen molar-refractivity contribution in [1.82, 2.24) is 0 Å². The second-order valence-electron chi connectivity index (χ2n) is 5.06. The van der Waals surface area contributed by atoms with Gasteiger partial charge in [-0.15, -0.1) is 23.1 Å². The van der Waals surface area contributed by atoms with Crippen LogP contribution in [0, 0.1) is 5.92 Å². The van der Waals surface area contributed by atoms with E-state index in [4.69, 9.17) is 5.73 Å². The van der Waals surface area contributed by atoms with Crippen LogP contribution in [0.15, 0.2) is 4.90 Å². The number of nitrogens with two attached hydrogens (primary N) is 1. The van der Waals surface area contributed by atoms with Gasteiger partial charge in [0, 0.05) is 13.5 Å². The molecule has 0 saturated heterocycles. The lowest BCUT2D eigenvalue weighted by molar-refractivity contribution is 0.102. The average Bonchev–Trinajstić information content (AvgIpc) is 2.75. The molecular formula is C15H26N2OS2. The Hall–Kier alpha value is -0.680. The normalized spacial score (nSPS) is 12.4. The number of carbonyl (C=O) groups is 1. The van der Waals surface area contributed by atoms with Gasteiger partial charge in [0.15, 0.2) is 5.78 Å². The number of thiophene rings is 1. The average molecular weight is 315 g/mol. The Labute approximate surface area is 130 Å². The van der Waals surface area contributed by atoms with Gasteiger partial charge >= 0.3 is 0 Å². The molecule has 1 atom stereocenters. The summed E-state index contributed by atoms with van der Waals surface area (Å²) >= 11 is 3.10. The molecule has 1 aromatic rings. The SMILES string of the molecule is CCCCC(CC)CNc1sc(C(C)=O)c(N)c1SC. The smallest absolute Gasteiger partial charge is 0.171 e. The summed E-state index contributed by atoms with van der Waals surface area (Å²) in [6.07, 6.45) is 6.97. The molecule has 0 aromatic carbocycles. The summed E-state index contributed by atoms with van der Waals surface area (Å²) in [7, 11) is 0. The predicted molar refractivity (Wildman–Crippen MR) is 92.3 cm³/mol. The van der Waals surface area contributed by atoms with Crippen LogP contribution in [0.4, 0.5) is 10.7 Å². The van der Waals surface area contributed by atoms with Crippen LogP contribution >= 0.6 is 23.1 Å². The molecule has 0 saturated carbocycles. The molecule has 114 valence electrons. The second-order valence-corrected chi connectivity index (χ2v) is 6.90. The standard InChI is InChI=1S/C15H26N2OS2/c1-5-7-8-11(6-2)9-17-15-14(19-4)12(16)13(20-15)10(3)18/h11,17H,5-9,16H2,1-4H3. The topological polar surface area (TPSA) is 55.1 Å². The molecule has 1 heterocycles. The number of nitrogen functional groups attached to an aromatic ring is 1. The number of thioether (sulfide) groups is 1. The number of anilines is 2. The monoisotopic (exact) mass is 314 g/mol. The van der Waals surface area contributed by atoms with Crippen LogP contribution in [0.2, 0.25) is 0 Å². The van der Waals surface area contributed by atoms with Gasteiger partial charge in [0.1, 0.15) is 5.00 Å². The summed E-state index contributed by atoms with van der Waals surface area (Å²) < 4.78 is 0. The number of nitrogens with one attached hydrogen (secondary N) is 1. The van der Waals surface area contributed by atoms with Crippen LogP contribution in [0.3, 0.4) is 0 Å². The second kappa shape index (κ2) is 8.57. The number of Topliss-reactive ketones (excluding diaryl/α,β-unsaturated/α-hetero) is 1. The van der Waals surface area contributed by atoms with Crippen molar-refractivity contribution in [3.63, 3.8) is 0 Å². The molecule has 0 spiro atoms. The van der Waals surface area contributed by atoms with Crippen LogP contribution in [0.5, 0.6) is 0 Å². The predicted octanol–water partition coefficient (Wildman–Crippen LogP) is 4.88. The number of unbranched alkanes of at least 4 members (excludes halogenated alkanes) is 1. The molecule has 1 rings (SSSR count). The third-order valence-corrected chi connectivity index (χ3v) is 5.74. The first kappa shape index (κ1) is 17.4. The van der Waals surface area contributed by atoms with Crippen molar-refractivity contribution in [3.8, 4) is 0 Å². The molecule has 0 radical (unpaired) electrons. The highest BCUT2D eigenvalue weighted by Crippen LogP contribution is 2.41. The van der Waals surface area contributed by atoms with E-state index in [9.17, 15) is 4.79 Å². The first-order chi connectivity index (χ1) is 9.54. The van der Waals surface area contributed by atoms with Crippen molar-refractivity contribution in [2.75, 3.05) is 23.9 Å². The van der Waals surface area contributed by atoms with Crippen LogP contribution in [0.1, 0.15) is 56.1 Å². The van der Waals surface area contributed by atoms with Gasteiger partial charge in [-0.1, -0.05) is 33.1 Å². The first-order valence-electron chi connectivity index (χ1n) is 7.26. The van der Waals surface area contributed by atoms with E-state index in [2.05, 4.69) is 19.2 Å². The van der Waals surface area contributed by atoms with E-state index in [-0.39, 0.29) is 5.78 Å². The van der Waals surface area contributed by atoms with Gasteiger partial charge < -0.3 is 11.1 Å². The van der Waals surface area contributed by atoms with Gasteiger partial charge in [0.2, 0.25) is 0 Å². The Morgan fingerprint density at radius 1 is 1.45 bits per heavy atom. The molecule has 3 N–H and O–H groups in total. The Balaban J connectivity index is 2.76. The summed E-state index contributed by atoms with van der Waals surface area (Å²) in [6, 6.07) is 0. The summed E-state index contributed by atoms with van der Waals surface area (Å²) in [5, 5.41) is 4.56. The lowest BCUT2D eigenvalue weighted by atomic mass is 9.99. The number of ketones is 1. The van der Waals surface area contributed by atoms with Crippen LogP contribution in [0.25, 0.3) is 0 Å². The summed E-state index contributed by atoms with van der Waals surface area (Å²) in [5.74, 6) is 0.739. The first-order valence-corrected chi connectivity index (χ1v) is 9.30. The highest BCUT2D eigenvalue weighted by molar-refractivity contribution is 7.99. The van der Waals surface area contributed by atoms with Crippen molar-refractivity contribution in [2.24, 2.45) is 5.92 Å². The molecule has 3 nitrogen and oxygen atoms in total. The quantitative estimate of drug-likeness (QED) is 0.503. The fraction of sp³-hybridized carbons (Fsp3) is 0.667. The molecular weight excluding hydrogens is 288 g/mol. The maximum atomic E-state index is 11.6. The van der Waals surface area contributed by atoms with Gasteiger partial charge in [-0.05, 0) is 18.6 Å². The Kier molecular flexibility index (Phi) is 7.45. The third kappa shape index (κ3) is 4.42. The molecule has 0 aliphatic heterocycles. The molecule has 0 aliphatic carbocycles. The van der Waals surface area contributed by atoms with E-state index in [1.54, 1.807) is 18.7 Å². The maximum absolute atomic E-state index is 11.6. The minimum absolute atomic E-state index is 0.0499. The third-order valence-electron chi connectivity index (χ3n) is 3.52. The van der Waals surface area contributed by atoms with Crippen molar-refractivity contribution < 1.29 is 4.79 Å². The molecule has 0 amide bonds. The van der Waals surface area contributed by atoms with Crippen LogP contribution < -0.4 is 11.1 Å². The highest BCUT2D eigenvalue weighted by Gasteiger charge is 2.18. The van der Waals surface area contributed by atoms with Crippen molar-refractivity contribution >= 4 is 39.6 Å². The minimum atomic E-state index is 0.0499. The van der Waals surface area contributed by atoms with Gasteiger partial charge in [-0.3, -0.25) is 4.79 Å². The lowest BCUT2D eigenvalue weighted by Crippen LogP contribution is -2.13. The summed E-state index contributed by atoms with van der Waals surface area (Å²) in [5.41, 5.74) is 6.70. The zero-order chi connectivity index (χ0) is 15.1. The molecule has 20 heavy (non-hydrogen) atoms. The zero-order valence-corrected chi connectivity index (χ0v) is 14.5. The van der Waals surface area contributed by atoms with Crippen LogP contribution in [-0.2, 0) is 0 Å². The lowest BCUT2D eigenvalue weighted by Gasteiger charge is -2.15. The Morgan fingerprint density at radius 2 is 2.15 bits per heavy atom. The Bertz CT molecular complexity index is 443. The highest BCUT2D eigenvalue weighted by atomic mass is 32.2. The zero-order valence-electron chi connectivity index (χ0n) is 12.9. The fourth-order valence-corrected chi connectivity index (χ4v) is 4.13. The summed E-state index contributed by atoms with van der Waals surface area (Å²) in [4.78, 5) is 13.3.